The molecule has 2 nitrogen and oxygen atoms in total. The van der Waals surface area contributed by atoms with E-state index in [4.69, 9.17) is 5.10 Å². The van der Waals surface area contributed by atoms with Gasteiger partial charge < -0.3 is 0 Å². The third kappa shape index (κ3) is 2.19. The van der Waals surface area contributed by atoms with Crippen LogP contribution in [0.25, 0.3) is 0 Å². The molecule has 0 bridgehead atoms. The van der Waals surface area contributed by atoms with Crippen LogP contribution in [0.5, 0.6) is 0 Å². The van der Waals surface area contributed by atoms with E-state index < -0.39 is 0 Å². The van der Waals surface area contributed by atoms with Crippen molar-refractivity contribution in [3.8, 4) is 0 Å². The summed E-state index contributed by atoms with van der Waals surface area (Å²) < 4.78 is 0. The van der Waals surface area contributed by atoms with Crippen LogP contribution >= 0.6 is 0 Å². The molecular formula is C16H32N2. The van der Waals surface area contributed by atoms with Gasteiger partial charge in [-0.15, -0.1) is 0 Å². The average molecular weight is 252 g/mol. The fraction of sp³-hybridized carbons (Fsp3) is 0.938. The Labute approximate surface area is 114 Å². The molecule has 0 aliphatic carbocycles. The third-order valence-corrected chi connectivity index (χ3v) is 4.59. The monoisotopic (exact) mass is 252 g/mol. The minimum atomic E-state index is 0.0859. The van der Waals surface area contributed by atoms with E-state index in [0.717, 1.165) is 6.42 Å². The quantitative estimate of drug-likeness (QED) is 0.617. The molecule has 18 heavy (non-hydrogen) atoms. The molecule has 1 aliphatic heterocycles. The molecule has 0 saturated carbocycles. The predicted octanol–water partition coefficient (Wildman–Crippen LogP) is 4.56. The molecule has 0 aromatic carbocycles. The van der Waals surface area contributed by atoms with Gasteiger partial charge in [0, 0.05) is 24.6 Å². The summed E-state index contributed by atoms with van der Waals surface area (Å²) >= 11 is 0. The minimum Gasteiger partial charge on any atom is -0.293 e. The minimum absolute atomic E-state index is 0.0859. The van der Waals surface area contributed by atoms with Crippen LogP contribution in [0.1, 0.15) is 68.7 Å². The number of nitrogens with zero attached hydrogens (tertiary/aromatic N) is 2. The molecule has 0 saturated heterocycles. The summed E-state index contributed by atoms with van der Waals surface area (Å²) in [6, 6.07) is 0. The van der Waals surface area contributed by atoms with E-state index in [2.05, 4.69) is 74.4 Å². The Morgan fingerprint density at radius 3 is 1.44 bits per heavy atom. The van der Waals surface area contributed by atoms with Crippen molar-refractivity contribution in [1.82, 2.24) is 5.01 Å². The highest BCUT2D eigenvalue weighted by molar-refractivity contribution is 5.91. The summed E-state index contributed by atoms with van der Waals surface area (Å²) in [6.07, 6.45) is 1.07. The first-order valence-corrected chi connectivity index (χ1v) is 7.05. The normalized spacial score (nSPS) is 21.2. The molecule has 1 heterocycles. The lowest BCUT2D eigenvalue weighted by atomic mass is 9.57. The van der Waals surface area contributed by atoms with Crippen molar-refractivity contribution in [2.75, 3.05) is 7.05 Å². The van der Waals surface area contributed by atoms with E-state index in [-0.39, 0.29) is 21.8 Å². The van der Waals surface area contributed by atoms with Crippen molar-refractivity contribution < 1.29 is 0 Å². The molecule has 106 valence electrons. The van der Waals surface area contributed by atoms with Crippen LogP contribution in [0.2, 0.25) is 0 Å². The second-order valence-corrected chi connectivity index (χ2v) is 8.86. The van der Waals surface area contributed by atoms with Gasteiger partial charge in [-0.1, -0.05) is 62.3 Å². The highest BCUT2D eigenvalue weighted by atomic mass is 15.5. The summed E-state index contributed by atoms with van der Waals surface area (Å²) in [5.41, 5.74) is 1.96. The van der Waals surface area contributed by atoms with Crippen LogP contribution in [-0.4, -0.2) is 23.3 Å². The molecule has 0 N–H and O–H groups in total. The molecule has 1 aliphatic rings. The zero-order chi connectivity index (χ0) is 14.6. The van der Waals surface area contributed by atoms with Crippen LogP contribution in [0.15, 0.2) is 5.10 Å². The van der Waals surface area contributed by atoms with Crippen molar-refractivity contribution in [2.45, 2.75) is 74.3 Å². The fourth-order valence-corrected chi connectivity index (χ4v) is 3.70. The molecular weight excluding hydrogens is 220 g/mol. The number of hydrogen-bond acceptors (Lipinski definition) is 2. The van der Waals surface area contributed by atoms with Crippen molar-refractivity contribution >= 4 is 5.71 Å². The first kappa shape index (κ1) is 15.5. The smallest absolute Gasteiger partial charge is 0.0724 e. The number of hydrogen-bond donors (Lipinski definition) is 0. The molecule has 2 heteroatoms. The van der Waals surface area contributed by atoms with Gasteiger partial charge in [0.1, 0.15) is 0 Å². The maximum absolute atomic E-state index is 4.90. The van der Waals surface area contributed by atoms with Crippen molar-refractivity contribution in [3.05, 3.63) is 0 Å². The van der Waals surface area contributed by atoms with E-state index >= 15 is 0 Å². The lowest BCUT2D eigenvalue weighted by Crippen LogP contribution is -2.60. The molecule has 0 unspecified atom stereocenters. The van der Waals surface area contributed by atoms with Crippen molar-refractivity contribution in [3.63, 3.8) is 0 Å². The SMILES string of the molecule is CN1N=C(C(C)(C)C)CC1(C(C)(C)C)C(C)(C)C. The van der Waals surface area contributed by atoms with Gasteiger partial charge in [0.2, 0.25) is 0 Å². The zero-order valence-corrected chi connectivity index (χ0v) is 14.1. The fourth-order valence-electron chi connectivity index (χ4n) is 3.70. The Kier molecular flexibility index (Phi) is 3.43. The summed E-state index contributed by atoms with van der Waals surface area (Å²) in [5, 5.41) is 7.14. The van der Waals surface area contributed by atoms with Gasteiger partial charge in [0.25, 0.3) is 0 Å². The third-order valence-electron chi connectivity index (χ3n) is 4.59. The van der Waals surface area contributed by atoms with Crippen LogP contribution in [0, 0.1) is 16.2 Å². The number of hydrazone groups is 1. The molecule has 0 radical (unpaired) electrons. The lowest BCUT2D eigenvalue weighted by Gasteiger charge is -2.54. The standard InChI is InChI=1S/C16H32N2/c1-13(2,3)12-11-16(14(4,5)6,15(7,8)9)18(10)17-12/h11H2,1-10H3. The Morgan fingerprint density at radius 2 is 1.28 bits per heavy atom. The molecule has 0 spiro atoms. The number of rotatable bonds is 0. The van der Waals surface area contributed by atoms with E-state index in [1.165, 1.54) is 5.71 Å². The Hall–Kier alpha value is -0.530. The van der Waals surface area contributed by atoms with Crippen LogP contribution in [0.4, 0.5) is 0 Å². The van der Waals surface area contributed by atoms with Gasteiger partial charge in [-0.3, -0.25) is 5.01 Å². The average Bonchev–Trinajstić information content (AvgIpc) is 2.39. The van der Waals surface area contributed by atoms with Gasteiger partial charge in [0.15, 0.2) is 0 Å². The zero-order valence-electron chi connectivity index (χ0n) is 14.1. The predicted molar refractivity (Wildman–Crippen MR) is 80.9 cm³/mol. The lowest BCUT2D eigenvalue weighted by molar-refractivity contribution is -0.0565. The molecule has 0 aromatic heterocycles. The first-order valence-electron chi connectivity index (χ1n) is 7.05. The van der Waals surface area contributed by atoms with Gasteiger partial charge >= 0.3 is 0 Å². The maximum atomic E-state index is 4.90. The largest absolute Gasteiger partial charge is 0.293 e. The van der Waals surface area contributed by atoms with E-state index in [1.807, 2.05) is 0 Å². The topological polar surface area (TPSA) is 15.6 Å². The van der Waals surface area contributed by atoms with Gasteiger partial charge in [-0.05, 0) is 10.8 Å². The van der Waals surface area contributed by atoms with Gasteiger partial charge in [-0.2, -0.15) is 5.10 Å². The van der Waals surface area contributed by atoms with E-state index in [1.54, 1.807) is 0 Å². The highest BCUT2D eigenvalue weighted by Gasteiger charge is 2.57. The van der Waals surface area contributed by atoms with Crippen LogP contribution < -0.4 is 0 Å². The second kappa shape index (κ2) is 3.98. The summed E-state index contributed by atoms with van der Waals surface area (Å²) in [6.45, 7) is 20.9. The van der Waals surface area contributed by atoms with E-state index in [0.29, 0.717) is 0 Å². The van der Waals surface area contributed by atoms with Crippen LogP contribution in [-0.2, 0) is 0 Å². The summed E-state index contributed by atoms with van der Waals surface area (Å²) in [7, 11) is 2.15. The first-order chi connectivity index (χ1) is 7.73. The molecule has 1 rings (SSSR count). The van der Waals surface area contributed by atoms with Gasteiger partial charge in [0.05, 0.1) is 5.54 Å². The van der Waals surface area contributed by atoms with Gasteiger partial charge in [-0.25, -0.2) is 0 Å². The molecule has 0 atom stereocenters. The Balaban J connectivity index is 3.30. The highest BCUT2D eigenvalue weighted by Crippen LogP contribution is 2.54. The molecule has 0 fully saturated rings. The Morgan fingerprint density at radius 1 is 0.889 bits per heavy atom. The Bertz CT molecular complexity index is 331. The van der Waals surface area contributed by atoms with E-state index in [9.17, 15) is 0 Å². The van der Waals surface area contributed by atoms with Crippen LogP contribution in [0.3, 0.4) is 0 Å². The maximum Gasteiger partial charge on any atom is 0.0724 e. The van der Waals surface area contributed by atoms with Crippen molar-refractivity contribution in [1.29, 1.82) is 0 Å². The molecule has 0 aromatic rings. The second-order valence-electron chi connectivity index (χ2n) is 8.86. The van der Waals surface area contributed by atoms with Crippen molar-refractivity contribution in [2.24, 2.45) is 21.3 Å². The summed E-state index contributed by atoms with van der Waals surface area (Å²) in [4.78, 5) is 0. The summed E-state index contributed by atoms with van der Waals surface area (Å²) in [5.74, 6) is 0. The molecule has 0 amide bonds.